The van der Waals surface area contributed by atoms with Crippen molar-refractivity contribution in [1.82, 2.24) is 9.55 Å². The van der Waals surface area contributed by atoms with Crippen molar-refractivity contribution in [2.24, 2.45) is 0 Å². The van der Waals surface area contributed by atoms with Gasteiger partial charge >= 0.3 is 0 Å². The molecule has 1 N–H and O–H groups in total. The maximum Gasteiger partial charge on any atom is 0.106 e. The summed E-state index contributed by atoms with van der Waals surface area (Å²) in [4.78, 5) is 4.33. The van der Waals surface area contributed by atoms with Crippen molar-refractivity contribution >= 4 is 17.3 Å². The maximum atomic E-state index is 6.46. The lowest BCUT2D eigenvalue weighted by Crippen LogP contribution is -2.05. The van der Waals surface area contributed by atoms with E-state index in [0.717, 1.165) is 40.9 Å². The van der Waals surface area contributed by atoms with Crippen LogP contribution in [0, 0.1) is 13.8 Å². The third-order valence-corrected chi connectivity index (χ3v) is 4.33. The smallest absolute Gasteiger partial charge is 0.106 e. The van der Waals surface area contributed by atoms with Crippen LogP contribution in [0.3, 0.4) is 0 Å². The SMILES string of the molecule is Cc1cnc(C)n1Cc1ccc(NCc2ccccc2)cc1Cl. The van der Waals surface area contributed by atoms with Crippen molar-refractivity contribution in [2.45, 2.75) is 26.9 Å². The zero-order chi connectivity index (χ0) is 16.2. The van der Waals surface area contributed by atoms with E-state index in [1.54, 1.807) is 0 Å². The number of nitrogens with one attached hydrogen (secondary N) is 1. The van der Waals surface area contributed by atoms with Crippen LogP contribution in [0.1, 0.15) is 22.6 Å². The van der Waals surface area contributed by atoms with Crippen LogP contribution in [0.2, 0.25) is 5.02 Å². The fourth-order valence-electron chi connectivity index (χ4n) is 2.58. The van der Waals surface area contributed by atoms with Gasteiger partial charge in [-0.25, -0.2) is 4.98 Å². The Morgan fingerprint density at radius 1 is 1.09 bits per heavy atom. The summed E-state index contributed by atoms with van der Waals surface area (Å²) in [5.74, 6) is 1.00. The molecule has 0 radical (unpaired) electrons. The van der Waals surface area contributed by atoms with Gasteiger partial charge in [0.25, 0.3) is 0 Å². The van der Waals surface area contributed by atoms with E-state index in [0.29, 0.717) is 0 Å². The molecule has 3 rings (SSSR count). The number of imidazole rings is 1. The summed E-state index contributed by atoms with van der Waals surface area (Å²) in [6.45, 7) is 5.60. The molecule has 0 saturated carbocycles. The predicted molar refractivity (Wildman–Crippen MR) is 96.0 cm³/mol. The molecule has 0 bridgehead atoms. The molecule has 0 aliphatic carbocycles. The van der Waals surface area contributed by atoms with Crippen LogP contribution in [0.5, 0.6) is 0 Å². The van der Waals surface area contributed by atoms with Crippen molar-refractivity contribution in [3.05, 3.63) is 82.4 Å². The van der Waals surface area contributed by atoms with Crippen molar-refractivity contribution in [1.29, 1.82) is 0 Å². The molecule has 0 amide bonds. The molecule has 118 valence electrons. The van der Waals surface area contributed by atoms with Gasteiger partial charge in [0, 0.05) is 29.1 Å². The highest BCUT2D eigenvalue weighted by Gasteiger charge is 2.07. The van der Waals surface area contributed by atoms with Gasteiger partial charge in [0.05, 0.1) is 6.54 Å². The Morgan fingerprint density at radius 2 is 1.87 bits per heavy atom. The first-order chi connectivity index (χ1) is 11.1. The van der Waals surface area contributed by atoms with Crippen LogP contribution < -0.4 is 5.32 Å². The van der Waals surface area contributed by atoms with Crippen LogP contribution in [-0.2, 0) is 13.1 Å². The molecule has 2 aromatic carbocycles. The highest BCUT2D eigenvalue weighted by Crippen LogP contribution is 2.23. The number of benzene rings is 2. The van der Waals surface area contributed by atoms with Gasteiger partial charge in [0.2, 0.25) is 0 Å². The van der Waals surface area contributed by atoms with Gasteiger partial charge in [0.1, 0.15) is 5.82 Å². The standard InChI is InChI=1S/C19H20ClN3/c1-14-11-21-15(2)23(14)13-17-8-9-18(10-19(17)20)22-12-16-6-4-3-5-7-16/h3-11,22H,12-13H2,1-2H3. The minimum absolute atomic E-state index is 0.746. The first kappa shape index (κ1) is 15.6. The molecule has 0 spiro atoms. The number of aromatic nitrogens is 2. The number of nitrogens with zero attached hydrogens (tertiary/aromatic N) is 2. The summed E-state index contributed by atoms with van der Waals surface area (Å²) in [6.07, 6.45) is 1.89. The average molecular weight is 326 g/mol. The second-order valence-electron chi connectivity index (χ2n) is 5.68. The zero-order valence-corrected chi connectivity index (χ0v) is 14.1. The summed E-state index contributed by atoms with van der Waals surface area (Å²) in [7, 11) is 0. The Balaban J connectivity index is 1.71. The molecule has 1 heterocycles. The van der Waals surface area contributed by atoms with Crippen molar-refractivity contribution in [2.75, 3.05) is 5.32 Å². The van der Waals surface area contributed by atoms with E-state index in [2.05, 4.69) is 46.1 Å². The number of anilines is 1. The summed E-state index contributed by atoms with van der Waals surface area (Å²) in [5, 5.41) is 4.18. The molecular weight excluding hydrogens is 306 g/mol. The number of halogens is 1. The second kappa shape index (κ2) is 6.88. The van der Waals surface area contributed by atoms with Crippen LogP contribution in [0.4, 0.5) is 5.69 Å². The minimum atomic E-state index is 0.746. The molecule has 3 nitrogen and oxygen atoms in total. The van der Waals surface area contributed by atoms with Gasteiger partial charge < -0.3 is 9.88 Å². The van der Waals surface area contributed by atoms with E-state index >= 15 is 0 Å². The average Bonchev–Trinajstić information content (AvgIpc) is 2.88. The lowest BCUT2D eigenvalue weighted by Gasteiger charge is -2.12. The molecule has 0 aliphatic heterocycles. The fourth-order valence-corrected chi connectivity index (χ4v) is 2.82. The number of rotatable bonds is 5. The van der Waals surface area contributed by atoms with E-state index in [4.69, 9.17) is 11.6 Å². The van der Waals surface area contributed by atoms with Gasteiger partial charge in [-0.2, -0.15) is 0 Å². The molecule has 4 heteroatoms. The molecule has 0 atom stereocenters. The summed E-state index contributed by atoms with van der Waals surface area (Å²) in [5.41, 5.74) is 4.52. The zero-order valence-electron chi connectivity index (χ0n) is 13.4. The van der Waals surface area contributed by atoms with Crippen LogP contribution >= 0.6 is 11.6 Å². The quantitative estimate of drug-likeness (QED) is 0.729. The third kappa shape index (κ3) is 3.74. The Labute approximate surface area is 141 Å². The molecule has 23 heavy (non-hydrogen) atoms. The van der Waals surface area contributed by atoms with E-state index in [1.165, 1.54) is 5.56 Å². The molecule has 0 saturated heterocycles. The van der Waals surface area contributed by atoms with Crippen molar-refractivity contribution in [3.8, 4) is 0 Å². The Bertz CT molecular complexity index is 774. The lowest BCUT2D eigenvalue weighted by molar-refractivity contribution is 0.738. The Morgan fingerprint density at radius 3 is 2.52 bits per heavy atom. The van der Waals surface area contributed by atoms with Gasteiger partial charge in [-0.15, -0.1) is 0 Å². The molecule has 3 aromatic rings. The monoisotopic (exact) mass is 325 g/mol. The van der Waals surface area contributed by atoms with E-state index < -0.39 is 0 Å². The Hall–Kier alpha value is -2.26. The van der Waals surface area contributed by atoms with Crippen molar-refractivity contribution in [3.63, 3.8) is 0 Å². The van der Waals surface area contributed by atoms with Crippen LogP contribution in [0.15, 0.2) is 54.7 Å². The fraction of sp³-hybridized carbons (Fsp3) is 0.211. The lowest BCUT2D eigenvalue weighted by atomic mass is 10.2. The molecule has 0 aliphatic rings. The number of hydrogen-bond acceptors (Lipinski definition) is 2. The van der Waals surface area contributed by atoms with E-state index in [1.807, 2.05) is 37.4 Å². The third-order valence-electron chi connectivity index (χ3n) is 3.98. The second-order valence-corrected chi connectivity index (χ2v) is 6.09. The molecule has 0 fully saturated rings. The normalized spacial score (nSPS) is 10.7. The molecule has 0 unspecified atom stereocenters. The number of hydrogen-bond donors (Lipinski definition) is 1. The molecular formula is C19H20ClN3. The van der Waals surface area contributed by atoms with E-state index in [-0.39, 0.29) is 0 Å². The van der Waals surface area contributed by atoms with Gasteiger partial charge in [-0.1, -0.05) is 48.0 Å². The van der Waals surface area contributed by atoms with E-state index in [9.17, 15) is 0 Å². The summed E-state index contributed by atoms with van der Waals surface area (Å²) >= 11 is 6.46. The van der Waals surface area contributed by atoms with Gasteiger partial charge in [-0.3, -0.25) is 0 Å². The largest absolute Gasteiger partial charge is 0.381 e. The first-order valence-corrected chi connectivity index (χ1v) is 8.06. The first-order valence-electron chi connectivity index (χ1n) is 7.68. The number of aryl methyl sites for hydroxylation is 2. The highest BCUT2D eigenvalue weighted by atomic mass is 35.5. The van der Waals surface area contributed by atoms with Crippen molar-refractivity contribution < 1.29 is 0 Å². The summed E-state index contributed by atoms with van der Waals surface area (Å²) < 4.78 is 2.16. The summed E-state index contributed by atoms with van der Waals surface area (Å²) in [6, 6.07) is 16.5. The van der Waals surface area contributed by atoms with Gasteiger partial charge in [0.15, 0.2) is 0 Å². The Kier molecular flexibility index (Phi) is 4.68. The van der Waals surface area contributed by atoms with Gasteiger partial charge in [-0.05, 0) is 37.1 Å². The van der Waals surface area contributed by atoms with Crippen LogP contribution in [0.25, 0.3) is 0 Å². The predicted octanol–water partition coefficient (Wildman–Crippen LogP) is 4.81. The topological polar surface area (TPSA) is 29.9 Å². The maximum absolute atomic E-state index is 6.46. The highest BCUT2D eigenvalue weighted by molar-refractivity contribution is 6.31. The minimum Gasteiger partial charge on any atom is -0.381 e. The molecule has 1 aromatic heterocycles. The van der Waals surface area contributed by atoms with Crippen LogP contribution in [-0.4, -0.2) is 9.55 Å².